The summed E-state index contributed by atoms with van der Waals surface area (Å²) in [6.07, 6.45) is 1.95. The lowest BCUT2D eigenvalue weighted by atomic mass is 10.2. The second-order valence-corrected chi connectivity index (χ2v) is 4.40. The van der Waals surface area contributed by atoms with Crippen molar-refractivity contribution in [2.24, 2.45) is 0 Å². The zero-order chi connectivity index (χ0) is 13.0. The van der Waals surface area contributed by atoms with Crippen molar-refractivity contribution in [3.8, 4) is 11.5 Å². The first kappa shape index (κ1) is 12.5. The van der Waals surface area contributed by atoms with Crippen molar-refractivity contribution < 1.29 is 14.6 Å². The van der Waals surface area contributed by atoms with Gasteiger partial charge in [0.25, 0.3) is 0 Å². The zero-order valence-corrected chi connectivity index (χ0v) is 10.6. The quantitative estimate of drug-likeness (QED) is 0.847. The average Bonchev–Trinajstić information content (AvgIpc) is 2.40. The SMILES string of the molecule is CSc1ccccc1Oc1ccccc1C(=O)O. The molecular formula is C14H12O3S. The van der Waals surface area contributed by atoms with Crippen LogP contribution in [0.2, 0.25) is 0 Å². The van der Waals surface area contributed by atoms with Gasteiger partial charge in [-0.3, -0.25) is 0 Å². The maximum atomic E-state index is 11.1. The van der Waals surface area contributed by atoms with Gasteiger partial charge >= 0.3 is 5.97 Å². The van der Waals surface area contributed by atoms with Gasteiger partial charge in [-0.05, 0) is 30.5 Å². The highest BCUT2D eigenvalue weighted by Crippen LogP contribution is 2.32. The minimum Gasteiger partial charge on any atom is -0.478 e. The summed E-state index contributed by atoms with van der Waals surface area (Å²) in [5, 5.41) is 9.08. The predicted octanol–water partition coefficient (Wildman–Crippen LogP) is 3.90. The van der Waals surface area contributed by atoms with E-state index in [-0.39, 0.29) is 5.56 Å². The molecule has 18 heavy (non-hydrogen) atoms. The summed E-state index contributed by atoms with van der Waals surface area (Å²) in [6.45, 7) is 0. The first-order valence-electron chi connectivity index (χ1n) is 5.35. The maximum absolute atomic E-state index is 11.1. The van der Waals surface area contributed by atoms with Crippen LogP contribution in [0.4, 0.5) is 0 Å². The lowest BCUT2D eigenvalue weighted by molar-refractivity contribution is 0.0694. The average molecular weight is 260 g/mol. The van der Waals surface area contributed by atoms with Gasteiger partial charge in [-0.25, -0.2) is 4.79 Å². The van der Waals surface area contributed by atoms with Crippen molar-refractivity contribution in [2.45, 2.75) is 4.90 Å². The molecule has 0 spiro atoms. The number of carboxylic acid groups (broad SMARTS) is 1. The number of aromatic carboxylic acids is 1. The summed E-state index contributed by atoms with van der Waals surface area (Å²) < 4.78 is 5.69. The van der Waals surface area contributed by atoms with E-state index in [1.54, 1.807) is 30.0 Å². The van der Waals surface area contributed by atoms with Gasteiger partial charge in [0, 0.05) is 4.90 Å². The van der Waals surface area contributed by atoms with E-state index >= 15 is 0 Å². The Morgan fingerprint density at radius 2 is 1.67 bits per heavy atom. The van der Waals surface area contributed by atoms with Crippen LogP contribution >= 0.6 is 11.8 Å². The van der Waals surface area contributed by atoms with Crippen LogP contribution in [-0.2, 0) is 0 Å². The first-order chi connectivity index (χ1) is 8.72. The number of carbonyl (C=O) groups is 1. The molecule has 4 heteroatoms. The van der Waals surface area contributed by atoms with Crippen molar-refractivity contribution in [1.82, 2.24) is 0 Å². The number of carboxylic acids is 1. The van der Waals surface area contributed by atoms with E-state index in [2.05, 4.69) is 0 Å². The molecule has 0 unspecified atom stereocenters. The Hall–Kier alpha value is -1.94. The highest BCUT2D eigenvalue weighted by atomic mass is 32.2. The van der Waals surface area contributed by atoms with Crippen LogP contribution < -0.4 is 4.74 Å². The van der Waals surface area contributed by atoms with Crippen LogP contribution in [0.15, 0.2) is 53.4 Å². The zero-order valence-electron chi connectivity index (χ0n) is 9.79. The monoisotopic (exact) mass is 260 g/mol. The van der Waals surface area contributed by atoms with E-state index in [1.165, 1.54) is 6.07 Å². The van der Waals surface area contributed by atoms with Gasteiger partial charge in [-0.15, -0.1) is 11.8 Å². The number of thioether (sulfide) groups is 1. The molecule has 0 amide bonds. The molecular weight excluding hydrogens is 248 g/mol. The number of hydrogen-bond acceptors (Lipinski definition) is 3. The Bertz CT molecular complexity index is 566. The van der Waals surface area contributed by atoms with Crippen molar-refractivity contribution in [1.29, 1.82) is 0 Å². The lowest BCUT2D eigenvalue weighted by Gasteiger charge is -2.11. The molecule has 0 aliphatic carbocycles. The van der Waals surface area contributed by atoms with Gasteiger partial charge in [0.2, 0.25) is 0 Å². The standard InChI is InChI=1S/C14H12O3S/c1-18-13-9-5-4-8-12(13)17-11-7-3-2-6-10(11)14(15)16/h2-9H,1H3,(H,15,16). The van der Waals surface area contributed by atoms with E-state index in [1.807, 2.05) is 30.5 Å². The molecule has 1 N–H and O–H groups in total. The Morgan fingerprint density at radius 1 is 1.06 bits per heavy atom. The number of ether oxygens (including phenoxy) is 1. The Balaban J connectivity index is 2.37. The first-order valence-corrected chi connectivity index (χ1v) is 6.58. The Kier molecular flexibility index (Phi) is 3.89. The Labute approximate surface area is 109 Å². The van der Waals surface area contributed by atoms with Crippen LogP contribution in [-0.4, -0.2) is 17.3 Å². The Morgan fingerprint density at radius 3 is 2.33 bits per heavy atom. The molecule has 0 heterocycles. The second-order valence-electron chi connectivity index (χ2n) is 3.55. The molecule has 0 aliphatic rings. The fraction of sp³-hybridized carbons (Fsp3) is 0.0714. The van der Waals surface area contributed by atoms with Crippen molar-refractivity contribution in [3.05, 3.63) is 54.1 Å². The summed E-state index contributed by atoms with van der Waals surface area (Å²) in [4.78, 5) is 12.1. The van der Waals surface area contributed by atoms with Crippen LogP contribution in [0.3, 0.4) is 0 Å². The van der Waals surface area contributed by atoms with Crippen molar-refractivity contribution >= 4 is 17.7 Å². The van der Waals surface area contributed by atoms with E-state index in [9.17, 15) is 4.79 Å². The summed E-state index contributed by atoms with van der Waals surface area (Å²) in [6, 6.07) is 14.1. The molecule has 3 nitrogen and oxygen atoms in total. The molecule has 2 aromatic carbocycles. The largest absolute Gasteiger partial charge is 0.478 e. The van der Waals surface area contributed by atoms with E-state index in [0.29, 0.717) is 11.5 Å². The highest BCUT2D eigenvalue weighted by molar-refractivity contribution is 7.98. The molecule has 0 saturated carbocycles. The fourth-order valence-electron chi connectivity index (χ4n) is 1.55. The minimum atomic E-state index is -0.993. The highest BCUT2D eigenvalue weighted by Gasteiger charge is 2.12. The van der Waals surface area contributed by atoms with Crippen molar-refractivity contribution in [3.63, 3.8) is 0 Å². The summed E-state index contributed by atoms with van der Waals surface area (Å²) >= 11 is 1.56. The molecule has 0 aromatic heterocycles. The van der Waals surface area contributed by atoms with E-state index < -0.39 is 5.97 Å². The lowest BCUT2D eigenvalue weighted by Crippen LogP contribution is -1.99. The van der Waals surface area contributed by atoms with Gasteiger partial charge in [-0.2, -0.15) is 0 Å². The third kappa shape index (κ3) is 2.65. The minimum absolute atomic E-state index is 0.161. The normalized spacial score (nSPS) is 10.1. The van der Waals surface area contributed by atoms with Gasteiger partial charge in [-0.1, -0.05) is 24.3 Å². The van der Waals surface area contributed by atoms with Gasteiger partial charge < -0.3 is 9.84 Å². The number of rotatable bonds is 4. The number of benzene rings is 2. The number of hydrogen-bond donors (Lipinski definition) is 1. The third-order valence-electron chi connectivity index (χ3n) is 2.41. The maximum Gasteiger partial charge on any atom is 0.339 e. The van der Waals surface area contributed by atoms with E-state index in [4.69, 9.17) is 9.84 Å². The predicted molar refractivity (Wildman–Crippen MR) is 71.7 cm³/mol. The molecule has 0 radical (unpaired) electrons. The number of para-hydroxylation sites is 2. The summed E-state index contributed by atoms with van der Waals surface area (Å²) in [5.74, 6) is 0.0254. The van der Waals surface area contributed by atoms with Gasteiger partial charge in [0.15, 0.2) is 0 Å². The molecule has 0 fully saturated rings. The molecule has 92 valence electrons. The smallest absolute Gasteiger partial charge is 0.339 e. The molecule has 0 aliphatic heterocycles. The summed E-state index contributed by atoms with van der Waals surface area (Å²) in [7, 11) is 0. The topological polar surface area (TPSA) is 46.5 Å². The molecule has 0 atom stereocenters. The fourth-order valence-corrected chi connectivity index (χ4v) is 2.08. The van der Waals surface area contributed by atoms with Gasteiger partial charge in [0.1, 0.15) is 17.1 Å². The van der Waals surface area contributed by atoms with Crippen LogP contribution in [0.25, 0.3) is 0 Å². The third-order valence-corrected chi connectivity index (χ3v) is 3.18. The van der Waals surface area contributed by atoms with Crippen molar-refractivity contribution in [2.75, 3.05) is 6.26 Å². The molecule has 2 aromatic rings. The van der Waals surface area contributed by atoms with Crippen LogP contribution in [0.5, 0.6) is 11.5 Å². The van der Waals surface area contributed by atoms with Crippen LogP contribution in [0, 0.1) is 0 Å². The van der Waals surface area contributed by atoms with Crippen LogP contribution in [0.1, 0.15) is 10.4 Å². The molecule has 0 bridgehead atoms. The van der Waals surface area contributed by atoms with E-state index in [0.717, 1.165) is 4.90 Å². The molecule has 2 rings (SSSR count). The second kappa shape index (κ2) is 5.60. The summed E-state index contributed by atoms with van der Waals surface area (Å²) in [5.41, 5.74) is 0.161. The molecule has 0 saturated heterocycles. The van der Waals surface area contributed by atoms with Gasteiger partial charge in [0.05, 0.1) is 0 Å².